The summed E-state index contributed by atoms with van der Waals surface area (Å²) in [5.74, 6) is 0. The quantitative estimate of drug-likeness (QED) is 0.526. The Morgan fingerprint density at radius 3 is 1.50 bits per heavy atom. The number of hydrogen-bond donors (Lipinski definition) is 2. The molecule has 0 spiro atoms. The van der Waals surface area contributed by atoms with Crippen molar-refractivity contribution in [3.63, 3.8) is 0 Å². The molecule has 0 aromatic heterocycles. The molecule has 0 aliphatic carbocycles. The van der Waals surface area contributed by atoms with Gasteiger partial charge in [0.2, 0.25) is 0 Å². The van der Waals surface area contributed by atoms with Crippen LogP contribution in [0.2, 0.25) is 0 Å². The molecule has 0 aliphatic rings. The van der Waals surface area contributed by atoms with Gasteiger partial charge in [0.05, 0.1) is 0 Å². The van der Waals surface area contributed by atoms with E-state index in [4.69, 9.17) is 0 Å². The molecule has 0 saturated carbocycles. The number of nitrogens with zero attached hydrogens (tertiary/aromatic N) is 3. The second-order valence-corrected chi connectivity index (χ2v) is 5.48. The van der Waals surface area contributed by atoms with E-state index in [9.17, 15) is 9.81 Å². The Balaban J connectivity index is 3.66. The molecular weight excluding hydrogens is 258 g/mol. The van der Waals surface area contributed by atoms with Gasteiger partial charge in [-0.3, -0.25) is 0 Å². The number of rotatable bonds is 12. The molecule has 0 radical (unpaired) electrons. The highest BCUT2D eigenvalue weighted by molar-refractivity contribution is 4.75. The molecule has 0 rings (SSSR count). The summed E-state index contributed by atoms with van der Waals surface area (Å²) in [4.78, 5) is 23.0. The summed E-state index contributed by atoms with van der Waals surface area (Å²) < 4.78 is 0. The van der Waals surface area contributed by atoms with Crippen molar-refractivity contribution in [3.05, 3.63) is 9.81 Å². The zero-order chi connectivity index (χ0) is 15.5. The standard InChI is InChI=1S/C13H29N5O2/c1-10(12(3)16-19)14-6-8-18(5)9-7-15-11(2)13(4)17-20/h10-15H,6-9H2,1-5H3. The van der Waals surface area contributed by atoms with Crippen LogP contribution in [-0.2, 0) is 0 Å². The normalized spacial score (nSPS) is 17.5. The van der Waals surface area contributed by atoms with E-state index in [1.807, 2.05) is 34.7 Å². The lowest BCUT2D eigenvalue weighted by atomic mass is 10.2. The third-order valence-corrected chi connectivity index (χ3v) is 3.70. The Morgan fingerprint density at radius 2 is 1.20 bits per heavy atom. The van der Waals surface area contributed by atoms with Crippen molar-refractivity contribution in [1.82, 2.24) is 15.5 Å². The minimum Gasteiger partial charge on any atom is -0.311 e. The van der Waals surface area contributed by atoms with Crippen molar-refractivity contribution < 1.29 is 0 Å². The topological polar surface area (TPSA) is 86.2 Å². The molecule has 4 unspecified atom stereocenters. The lowest BCUT2D eigenvalue weighted by molar-refractivity contribution is 0.310. The van der Waals surface area contributed by atoms with Crippen molar-refractivity contribution in [1.29, 1.82) is 0 Å². The van der Waals surface area contributed by atoms with Gasteiger partial charge in [0.15, 0.2) is 0 Å². The maximum absolute atomic E-state index is 10.4. The Hall–Kier alpha value is -0.920. The molecule has 0 bridgehead atoms. The Kier molecular flexibility index (Phi) is 10.3. The van der Waals surface area contributed by atoms with Crippen LogP contribution in [0.1, 0.15) is 27.7 Å². The summed E-state index contributed by atoms with van der Waals surface area (Å²) in [5.41, 5.74) is 0. The summed E-state index contributed by atoms with van der Waals surface area (Å²) in [7, 11) is 2.04. The van der Waals surface area contributed by atoms with Crippen molar-refractivity contribution in [2.24, 2.45) is 10.4 Å². The summed E-state index contributed by atoms with van der Waals surface area (Å²) in [6, 6.07) is -0.225. The van der Waals surface area contributed by atoms with Crippen LogP contribution in [0.4, 0.5) is 0 Å². The highest BCUT2D eigenvalue weighted by Crippen LogP contribution is 1.97. The van der Waals surface area contributed by atoms with E-state index < -0.39 is 0 Å². The lowest BCUT2D eigenvalue weighted by Gasteiger charge is -2.22. The van der Waals surface area contributed by atoms with E-state index in [0.717, 1.165) is 26.2 Å². The van der Waals surface area contributed by atoms with Crippen LogP contribution in [0, 0.1) is 9.81 Å². The van der Waals surface area contributed by atoms with Gasteiger partial charge in [0.1, 0.15) is 12.1 Å². The van der Waals surface area contributed by atoms with Gasteiger partial charge in [-0.15, -0.1) is 0 Å². The molecule has 0 aromatic rings. The predicted molar refractivity (Wildman–Crippen MR) is 82.9 cm³/mol. The first kappa shape index (κ1) is 19.1. The Bertz CT molecular complexity index is 251. The second-order valence-electron chi connectivity index (χ2n) is 5.48. The van der Waals surface area contributed by atoms with Crippen molar-refractivity contribution in [3.8, 4) is 0 Å². The first-order valence-electron chi connectivity index (χ1n) is 7.22. The lowest BCUT2D eigenvalue weighted by Crippen LogP contribution is -2.42. The number of nitrogens with one attached hydrogen (secondary N) is 2. The average molecular weight is 287 g/mol. The van der Waals surface area contributed by atoms with E-state index in [1.54, 1.807) is 0 Å². The molecule has 118 valence electrons. The fourth-order valence-electron chi connectivity index (χ4n) is 1.60. The molecule has 0 aromatic carbocycles. The fourth-order valence-corrected chi connectivity index (χ4v) is 1.60. The highest BCUT2D eigenvalue weighted by Gasteiger charge is 2.12. The third kappa shape index (κ3) is 8.29. The van der Waals surface area contributed by atoms with Gasteiger partial charge in [0.25, 0.3) is 0 Å². The van der Waals surface area contributed by atoms with Crippen LogP contribution in [0.25, 0.3) is 0 Å². The molecule has 0 saturated heterocycles. The average Bonchev–Trinajstić information content (AvgIpc) is 2.44. The number of hydrogen-bond acceptors (Lipinski definition) is 7. The Labute approximate surface area is 121 Å². The fraction of sp³-hybridized carbons (Fsp3) is 1.00. The van der Waals surface area contributed by atoms with Gasteiger partial charge in [-0.25, -0.2) is 0 Å². The zero-order valence-corrected chi connectivity index (χ0v) is 13.3. The highest BCUT2D eigenvalue weighted by atomic mass is 16.3. The molecule has 4 atom stereocenters. The molecular formula is C13H29N5O2. The van der Waals surface area contributed by atoms with E-state index in [-0.39, 0.29) is 24.2 Å². The van der Waals surface area contributed by atoms with Crippen LogP contribution in [0.3, 0.4) is 0 Å². The summed E-state index contributed by atoms with van der Waals surface area (Å²) in [6.07, 6.45) is 0. The van der Waals surface area contributed by atoms with E-state index >= 15 is 0 Å². The molecule has 7 heteroatoms. The van der Waals surface area contributed by atoms with Gasteiger partial charge >= 0.3 is 0 Å². The molecule has 20 heavy (non-hydrogen) atoms. The van der Waals surface area contributed by atoms with Gasteiger partial charge in [-0.05, 0) is 34.7 Å². The largest absolute Gasteiger partial charge is 0.311 e. The predicted octanol–water partition coefficient (Wildman–Crippen LogP) is 1.18. The third-order valence-electron chi connectivity index (χ3n) is 3.70. The van der Waals surface area contributed by atoms with Crippen molar-refractivity contribution >= 4 is 0 Å². The van der Waals surface area contributed by atoms with Crippen LogP contribution >= 0.6 is 0 Å². The van der Waals surface area contributed by atoms with Crippen LogP contribution in [-0.4, -0.2) is 62.3 Å². The molecule has 0 aliphatic heterocycles. The summed E-state index contributed by atoms with van der Waals surface area (Å²) in [5, 5.41) is 12.6. The molecule has 0 fully saturated rings. The van der Waals surface area contributed by atoms with Crippen LogP contribution < -0.4 is 10.6 Å². The minimum absolute atomic E-state index is 0.0959. The van der Waals surface area contributed by atoms with Crippen molar-refractivity contribution in [2.45, 2.75) is 51.9 Å². The zero-order valence-electron chi connectivity index (χ0n) is 13.3. The molecule has 0 heterocycles. The molecule has 2 N–H and O–H groups in total. The molecule has 7 nitrogen and oxygen atoms in total. The number of nitroso groups, excluding NO2 is 2. The Morgan fingerprint density at radius 1 is 0.850 bits per heavy atom. The second kappa shape index (κ2) is 10.8. The van der Waals surface area contributed by atoms with Gasteiger partial charge < -0.3 is 15.5 Å². The van der Waals surface area contributed by atoms with Crippen molar-refractivity contribution in [2.75, 3.05) is 33.2 Å². The van der Waals surface area contributed by atoms with Crippen LogP contribution in [0.15, 0.2) is 10.4 Å². The van der Waals surface area contributed by atoms with Gasteiger partial charge in [-0.1, -0.05) is 10.4 Å². The smallest absolute Gasteiger partial charge is 0.104 e. The maximum Gasteiger partial charge on any atom is 0.104 e. The minimum atomic E-state index is -0.208. The van der Waals surface area contributed by atoms with E-state index in [0.29, 0.717) is 0 Å². The maximum atomic E-state index is 10.4. The van der Waals surface area contributed by atoms with E-state index in [2.05, 4.69) is 25.9 Å². The molecule has 0 amide bonds. The summed E-state index contributed by atoms with van der Waals surface area (Å²) >= 11 is 0. The van der Waals surface area contributed by atoms with Gasteiger partial charge in [0, 0.05) is 38.3 Å². The van der Waals surface area contributed by atoms with Gasteiger partial charge in [-0.2, -0.15) is 9.81 Å². The number of likely N-dealkylation sites (N-methyl/N-ethyl adjacent to an activating group) is 1. The SMILES string of the molecule is CC(N=O)C(C)NCCN(C)CCNC(C)C(C)N=O. The first-order valence-corrected chi connectivity index (χ1v) is 7.22. The monoisotopic (exact) mass is 287 g/mol. The first-order chi connectivity index (χ1) is 9.42. The summed E-state index contributed by atoms with van der Waals surface area (Å²) in [6.45, 7) is 11.0. The van der Waals surface area contributed by atoms with Crippen LogP contribution in [0.5, 0.6) is 0 Å². The van der Waals surface area contributed by atoms with E-state index in [1.165, 1.54) is 0 Å².